The molecule has 0 aliphatic rings. The molecule has 0 heterocycles. The molecule has 0 saturated heterocycles. The van der Waals surface area contributed by atoms with Gasteiger partial charge in [0, 0.05) is 22.2 Å². The number of nitrogens with zero attached hydrogens (tertiary/aromatic N) is 2. The predicted molar refractivity (Wildman–Crippen MR) is 80.7 cm³/mol. The second-order valence-corrected chi connectivity index (χ2v) is 5.06. The summed E-state index contributed by atoms with van der Waals surface area (Å²) in [6.45, 7) is 0. The summed E-state index contributed by atoms with van der Waals surface area (Å²) in [4.78, 5) is 10.1. The Hall–Kier alpha value is -2.52. The highest BCUT2D eigenvalue weighted by Crippen LogP contribution is 2.23. The molecule has 0 aliphatic heterocycles. The first-order chi connectivity index (χ1) is 10.0. The Balaban J connectivity index is 2.41. The Bertz CT molecular complexity index is 764. The van der Waals surface area contributed by atoms with Gasteiger partial charge < -0.3 is 0 Å². The zero-order valence-electron chi connectivity index (χ0n) is 10.6. The largest absolute Gasteiger partial charge is 0.269 e. The van der Waals surface area contributed by atoms with Crippen molar-refractivity contribution >= 4 is 33.3 Å². The molecule has 0 fully saturated rings. The van der Waals surface area contributed by atoms with Gasteiger partial charge in [-0.05, 0) is 35.9 Å². The summed E-state index contributed by atoms with van der Waals surface area (Å²) in [6, 6.07) is 12.0. The van der Waals surface area contributed by atoms with Gasteiger partial charge in [0.25, 0.3) is 5.69 Å². The number of halogens is 2. The fourth-order valence-corrected chi connectivity index (χ4v) is 2.05. The molecule has 0 atom stereocenters. The third-order valence-electron chi connectivity index (χ3n) is 2.77. The first-order valence-corrected chi connectivity index (χ1v) is 6.62. The normalized spacial score (nSPS) is 11.0. The van der Waals surface area contributed by atoms with E-state index in [1.165, 1.54) is 36.4 Å². The summed E-state index contributed by atoms with van der Waals surface area (Å²) in [6.07, 6.45) is 1.41. The summed E-state index contributed by atoms with van der Waals surface area (Å²) in [5.41, 5.74) is 0.926. The van der Waals surface area contributed by atoms with Gasteiger partial charge >= 0.3 is 0 Å². The number of nitro groups is 1. The first-order valence-electron chi connectivity index (χ1n) is 5.83. The lowest BCUT2D eigenvalue weighted by Gasteiger charge is -2.01. The molecule has 0 radical (unpaired) electrons. The summed E-state index contributed by atoms with van der Waals surface area (Å²) in [5.74, 6) is -0.459. The van der Waals surface area contributed by atoms with Gasteiger partial charge in [0.05, 0.1) is 16.6 Å². The number of benzene rings is 2. The Morgan fingerprint density at radius 2 is 1.95 bits per heavy atom. The molecule has 2 aromatic carbocycles. The average Bonchev–Trinajstić information content (AvgIpc) is 2.47. The van der Waals surface area contributed by atoms with Crippen molar-refractivity contribution < 1.29 is 9.31 Å². The van der Waals surface area contributed by atoms with E-state index in [1.807, 2.05) is 6.07 Å². The van der Waals surface area contributed by atoms with Crippen molar-refractivity contribution in [3.05, 3.63) is 74.0 Å². The van der Waals surface area contributed by atoms with E-state index < -0.39 is 10.7 Å². The number of allylic oxidation sites excluding steroid dienone is 1. The Morgan fingerprint density at radius 1 is 1.29 bits per heavy atom. The van der Waals surface area contributed by atoms with E-state index >= 15 is 0 Å². The highest BCUT2D eigenvalue weighted by molar-refractivity contribution is 9.10. The number of hydrogen-bond donors (Lipinski definition) is 0. The molecule has 0 aromatic heterocycles. The van der Waals surface area contributed by atoms with Gasteiger partial charge in [0.1, 0.15) is 5.82 Å². The Labute approximate surface area is 128 Å². The molecule has 0 aliphatic carbocycles. The van der Waals surface area contributed by atoms with Crippen LogP contribution in [0.25, 0.3) is 11.6 Å². The van der Waals surface area contributed by atoms with Gasteiger partial charge in [0.2, 0.25) is 0 Å². The van der Waals surface area contributed by atoms with Gasteiger partial charge in [-0.3, -0.25) is 10.1 Å². The van der Waals surface area contributed by atoms with Crippen LogP contribution in [-0.2, 0) is 0 Å². The highest BCUT2D eigenvalue weighted by Gasteiger charge is 2.08. The topological polar surface area (TPSA) is 66.9 Å². The smallest absolute Gasteiger partial charge is 0.258 e. The molecule has 0 amide bonds. The number of rotatable bonds is 3. The average molecular weight is 347 g/mol. The highest BCUT2D eigenvalue weighted by atomic mass is 79.9. The molecule has 0 unspecified atom stereocenters. The van der Waals surface area contributed by atoms with E-state index in [0.717, 1.165) is 0 Å². The summed E-state index contributed by atoms with van der Waals surface area (Å²) < 4.78 is 14.4. The molecule has 0 bridgehead atoms. The van der Waals surface area contributed by atoms with Gasteiger partial charge in [0.15, 0.2) is 0 Å². The monoisotopic (exact) mass is 346 g/mol. The van der Waals surface area contributed by atoms with E-state index in [0.29, 0.717) is 10.0 Å². The summed E-state index contributed by atoms with van der Waals surface area (Å²) >= 11 is 3.16. The van der Waals surface area contributed by atoms with E-state index in [-0.39, 0.29) is 16.8 Å². The number of nitro benzene ring substituents is 1. The lowest BCUT2D eigenvalue weighted by molar-refractivity contribution is -0.384. The molecule has 4 nitrogen and oxygen atoms in total. The van der Waals surface area contributed by atoms with Crippen molar-refractivity contribution in [3.63, 3.8) is 0 Å². The number of nitriles is 1. The van der Waals surface area contributed by atoms with Crippen molar-refractivity contribution in [1.29, 1.82) is 5.26 Å². The van der Waals surface area contributed by atoms with Gasteiger partial charge in [-0.15, -0.1) is 0 Å². The zero-order chi connectivity index (χ0) is 15.4. The Morgan fingerprint density at radius 3 is 2.48 bits per heavy atom. The molecule has 2 rings (SSSR count). The molecule has 0 spiro atoms. The first kappa shape index (κ1) is 14.9. The maximum atomic E-state index is 13.8. The van der Waals surface area contributed by atoms with Crippen LogP contribution in [0.15, 0.2) is 46.9 Å². The lowest BCUT2D eigenvalue weighted by Crippen LogP contribution is -1.89. The maximum absolute atomic E-state index is 13.8. The molecule has 21 heavy (non-hydrogen) atoms. The minimum Gasteiger partial charge on any atom is -0.258 e. The van der Waals surface area contributed by atoms with Crippen molar-refractivity contribution in [1.82, 2.24) is 0 Å². The van der Waals surface area contributed by atoms with E-state index in [9.17, 15) is 19.8 Å². The quantitative estimate of drug-likeness (QED) is 0.354. The molecular formula is C15H8BrFN2O2. The second kappa shape index (κ2) is 6.29. The van der Waals surface area contributed by atoms with Crippen molar-refractivity contribution in [2.45, 2.75) is 0 Å². The van der Waals surface area contributed by atoms with Crippen LogP contribution < -0.4 is 0 Å². The predicted octanol–water partition coefficient (Wildman–Crippen LogP) is 4.56. The molecule has 104 valence electrons. The summed E-state index contributed by atoms with van der Waals surface area (Å²) in [5, 5.41) is 19.8. The minimum absolute atomic E-state index is 0.0640. The van der Waals surface area contributed by atoms with Crippen LogP contribution in [0, 0.1) is 27.3 Å². The summed E-state index contributed by atoms with van der Waals surface area (Å²) in [7, 11) is 0. The van der Waals surface area contributed by atoms with Crippen LogP contribution in [0.4, 0.5) is 10.1 Å². The second-order valence-electron chi connectivity index (χ2n) is 4.14. The standard InChI is InChI=1S/C15H8BrFN2O2/c16-13-4-1-11(15(17)8-13)7-12(9-18)10-2-5-14(6-3-10)19(20)21/h1-8H/b12-7+. The SMILES string of the molecule is N#C/C(=C\c1ccc(Br)cc1F)c1ccc([N+](=O)[O-])cc1. The van der Waals surface area contributed by atoms with Crippen LogP contribution in [0.1, 0.15) is 11.1 Å². The van der Waals surface area contributed by atoms with Crippen LogP contribution in [-0.4, -0.2) is 4.92 Å². The van der Waals surface area contributed by atoms with Crippen LogP contribution in [0.3, 0.4) is 0 Å². The van der Waals surface area contributed by atoms with Crippen molar-refractivity contribution in [2.24, 2.45) is 0 Å². The van der Waals surface area contributed by atoms with Gasteiger partial charge in [-0.1, -0.05) is 22.0 Å². The number of hydrogen-bond acceptors (Lipinski definition) is 3. The van der Waals surface area contributed by atoms with E-state index in [4.69, 9.17) is 0 Å². The molecular weight excluding hydrogens is 339 g/mol. The molecule has 0 N–H and O–H groups in total. The maximum Gasteiger partial charge on any atom is 0.269 e. The van der Waals surface area contributed by atoms with Crippen LogP contribution in [0.5, 0.6) is 0 Å². The minimum atomic E-state index is -0.520. The van der Waals surface area contributed by atoms with Crippen molar-refractivity contribution in [3.8, 4) is 6.07 Å². The number of non-ortho nitro benzene ring substituents is 1. The molecule has 2 aromatic rings. The van der Waals surface area contributed by atoms with Crippen molar-refractivity contribution in [2.75, 3.05) is 0 Å². The fraction of sp³-hybridized carbons (Fsp3) is 0. The van der Waals surface area contributed by atoms with Gasteiger partial charge in [-0.2, -0.15) is 5.26 Å². The lowest BCUT2D eigenvalue weighted by atomic mass is 10.0. The van der Waals surface area contributed by atoms with E-state index in [2.05, 4.69) is 15.9 Å². The third-order valence-corrected chi connectivity index (χ3v) is 3.27. The van der Waals surface area contributed by atoms with Gasteiger partial charge in [-0.25, -0.2) is 4.39 Å². The van der Waals surface area contributed by atoms with E-state index in [1.54, 1.807) is 12.1 Å². The van der Waals surface area contributed by atoms with Crippen LogP contribution >= 0.6 is 15.9 Å². The Kier molecular flexibility index (Phi) is 4.45. The molecule has 6 heteroatoms. The third kappa shape index (κ3) is 3.52. The zero-order valence-corrected chi connectivity index (χ0v) is 12.2. The molecule has 0 saturated carbocycles. The fourth-order valence-electron chi connectivity index (χ4n) is 1.72. The van der Waals surface area contributed by atoms with Crippen LogP contribution in [0.2, 0.25) is 0 Å².